The van der Waals surface area contributed by atoms with Gasteiger partial charge < -0.3 is 5.32 Å². The van der Waals surface area contributed by atoms with E-state index in [1.54, 1.807) is 0 Å². The fourth-order valence-electron chi connectivity index (χ4n) is 2.07. The smallest absolute Gasteiger partial charge is 0.241 e. The van der Waals surface area contributed by atoms with Crippen LogP contribution in [0.15, 0.2) is 17.0 Å². The molecule has 0 saturated carbocycles. The molecule has 0 bridgehead atoms. The van der Waals surface area contributed by atoms with Crippen molar-refractivity contribution in [3.63, 3.8) is 0 Å². The normalized spacial score (nSPS) is 13.6. The van der Waals surface area contributed by atoms with E-state index in [-0.39, 0.29) is 0 Å². The summed E-state index contributed by atoms with van der Waals surface area (Å²) in [6.45, 7) is 10.4. The lowest BCUT2D eigenvalue weighted by Gasteiger charge is -2.18. The number of rotatable bonds is 6. The van der Waals surface area contributed by atoms with Crippen LogP contribution in [0.3, 0.4) is 0 Å². The molecule has 114 valence electrons. The molecule has 1 aromatic rings. The van der Waals surface area contributed by atoms with Crippen LogP contribution in [-0.4, -0.2) is 22.0 Å². The third kappa shape index (κ3) is 3.96. The van der Waals surface area contributed by atoms with Crippen molar-refractivity contribution >= 4 is 15.7 Å². The predicted octanol–water partition coefficient (Wildman–Crippen LogP) is 2.92. The summed E-state index contributed by atoms with van der Waals surface area (Å²) in [6, 6.07) is 3.71. The molecule has 2 N–H and O–H groups in total. The van der Waals surface area contributed by atoms with E-state index in [1.807, 2.05) is 33.0 Å². The van der Waals surface area contributed by atoms with Crippen molar-refractivity contribution in [1.29, 1.82) is 0 Å². The van der Waals surface area contributed by atoms with Crippen molar-refractivity contribution in [3.8, 4) is 0 Å². The second-order valence-electron chi connectivity index (χ2n) is 5.76. The maximum atomic E-state index is 12.5. The Hall–Kier alpha value is -1.07. The van der Waals surface area contributed by atoms with Gasteiger partial charge in [-0.05, 0) is 48.9 Å². The van der Waals surface area contributed by atoms with E-state index in [2.05, 4.69) is 30.8 Å². The SMILES string of the molecule is CNc1cc(C)c(S(=O)(=O)NCC(C)C(C)C)c(C)c1. The lowest BCUT2D eigenvalue weighted by molar-refractivity contribution is 0.414. The van der Waals surface area contributed by atoms with Gasteiger partial charge in [-0.15, -0.1) is 0 Å². The highest BCUT2D eigenvalue weighted by Gasteiger charge is 2.21. The van der Waals surface area contributed by atoms with Gasteiger partial charge in [0.05, 0.1) is 4.90 Å². The molecule has 1 unspecified atom stereocenters. The third-order valence-electron chi connectivity index (χ3n) is 3.75. The maximum absolute atomic E-state index is 12.5. The van der Waals surface area contributed by atoms with E-state index in [0.29, 0.717) is 23.3 Å². The Morgan fingerprint density at radius 2 is 1.60 bits per heavy atom. The summed E-state index contributed by atoms with van der Waals surface area (Å²) in [7, 11) is -1.63. The Kier molecular flexibility index (Phi) is 5.59. The average Bonchev–Trinajstić information content (AvgIpc) is 2.34. The van der Waals surface area contributed by atoms with Gasteiger partial charge >= 0.3 is 0 Å². The Bertz CT molecular complexity index is 542. The number of nitrogens with one attached hydrogen (secondary N) is 2. The first kappa shape index (κ1) is 17.0. The van der Waals surface area contributed by atoms with E-state index >= 15 is 0 Å². The number of benzene rings is 1. The molecule has 20 heavy (non-hydrogen) atoms. The second kappa shape index (κ2) is 6.59. The van der Waals surface area contributed by atoms with Crippen molar-refractivity contribution in [2.75, 3.05) is 18.9 Å². The molecule has 5 heteroatoms. The standard InChI is InChI=1S/C15H26N2O2S/c1-10(2)13(5)9-17-20(18,19)15-11(3)7-14(16-6)8-12(15)4/h7-8,10,13,16-17H,9H2,1-6H3. The molecule has 0 radical (unpaired) electrons. The van der Waals surface area contributed by atoms with Crippen LogP contribution in [0.25, 0.3) is 0 Å². The first-order valence-corrected chi connectivity index (χ1v) is 8.46. The fraction of sp³-hybridized carbons (Fsp3) is 0.600. The van der Waals surface area contributed by atoms with Gasteiger partial charge in [-0.3, -0.25) is 0 Å². The number of sulfonamides is 1. The van der Waals surface area contributed by atoms with Gasteiger partial charge in [0.2, 0.25) is 10.0 Å². The molecule has 0 fully saturated rings. The van der Waals surface area contributed by atoms with Crippen LogP contribution >= 0.6 is 0 Å². The van der Waals surface area contributed by atoms with Gasteiger partial charge in [-0.2, -0.15) is 0 Å². The summed E-state index contributed by atoms with van der Waals surface area (Å²) in [4.78, 5) is 0.396. The second-order valence-corrected chi connectivity index (χ2v) is 7.47. The topological polar surface area (TPSA) is 58.2 Å². The van der Waals surface area contributed by atoms with Crippen LogP contribution < -0.4 is 10.0 Å². The summed E-state index contributed by atoms with van der Waals surface area (Å²) >= 11 is 0. The lowest BCUT2D eigenvalue weighted by atomic mass is 9.99. The maximum Gasteiger partial charge on any atom is 0.241 e. The molecule has 0 spiro atoms. The zero-order valence-electron chi connectivity index (χ0n) is 13.2. The van der Waals surface area contributed by atoms with E-state index in [0.717, 1.165) is 16.8 Å². The molecule has 0 saturated heterocycles. The molecule has 0 aliphatic rings. The largest absolute Gasteiger partial charge is 0.388 e. The summed E-state index contributed by atoms with van der Waals surface area (Å²) in [5.74, 6) is 0.758. The van der Waals surface area contributed by atoms with Crippen LogP contribution in [0, 0.1) is 25.7 Å². The van der Waals surface area contributed by atoms with Crippen molar-refractivity contribution in [2.45, 2.75) is 39.5 Å². The van der Waals surface area contributed by atoms with Crippen LogP contribution in [-0.2, 0) is 10.0 Å². The van der Waals surface area contributed by atoms with Crippen LogP contribution in [0.4, 0.5) is 5.69 Å². The predicted molar refractivity (Wildman–Crippen MR) is 84.7 cm³/mol. The van der Waals surface area contributed by atoms with Crippen LogP contribution in [0.2, 0.25) is 0 Å². The molecule has 0 aliphatic carbocycles. The molecular weight excluding hydrogens is 272 g/mol. The van der Waals surface area contributed by atoms with Crippen molar-refractivity contribution < 1.29 is 8.42 Å². The number of aryl methyl sites for hydroxylation is 2. The molecule has 1 aromatic carbocycles. The van der Waals surface area contributed by atoms with Crippen molar-refractivity contribution in [1.82, 2.24) is 4.72 Å². The highest BCUT2D eigenvalue weighted by Crippen LogP contribution is 2.24. The Labute approximate surface area is 123 Å². The minimum atomic E-state index is -3.45. The van der Waals surface area contributed by atoms with Gasteiger partial charge in [0, 0.05) is 19.3 Å². The molecule has 0 amide bonds. The molecule has 1 rings (SSSR count). The van der Waals surface area contributed by atoms with Crippen LogP contribution in [0.1, 0.15) is 31.9 Å². The minimum Gasteiger partial charge on any atom is -0.388 e. The molecule has 4 nitrogen and oxygen atoms in total. The summed E-state index contributed by atoms with van der Waals surface area (Å²) < 4.78 is 27.7. The number of anilines is 1. The monoisotopic (exact) mass is 298 g/mol. The van der Waals surface area contributed by atoms with E-state index < -0.39 is 10.0 Å². The Morgan fingerprint density at radius 3 is 2.00 bits per heavy atom. The first-order valence-electron chi connectivity index (χ1n) is 6.97. The molecule has 1 atom stereocenters. The van der Waals surface area contributed by atoms with E-state index in [4.69, 9.17) is 0 Å². The van der Waals surface area contributed by atoms with Gasteiger partial charge in [-0.25, -0.2) is 13.1 Å². The van der Waals surface area contributed by atoms with Gasteiger partial charge in [0.1, 0.15) is 0 Å². The highest BCUT2D eigenvalue weighted by molar-refractivity contribution is 7.89. The molecule has 0 heterocycles. The average molecular weight is 298 g/mol. The van der Waals surface area contributed by atoms with E-state index in [1.165, 1.54) is 0 Å². The highest BCUT2D eigenvalue weighted by atomic mass is 32.2. The zero-order valence-corrected chi connectivity index (χ0v) is 14.1. The van der Waals surface area contributed by atoms with Crippen LogP contribution in [0.5, 0.6) is 0 Å². The number of hydrogen-bond acceptors (Lipinski definition) is 3. The zero-order chi connectivity index (χ0) is 15.5. The Morgan fingerprint density at radius 1 is 1.10 bits per heavy atom. The minimum absolute atomic E-state index is 0.307. The lowest BCUT2D eigenvalue weighted by Crippen LogP contribution is -2.31. The Balaban J connectivity index is 3.04. The van der Waals surface area contributed by atoms with Gasteiger partial charge in [0.15, 0.2) is 0 Å². The summed E-state index contributed by atoms with van der Waals surface area (Å²) in [5, 5.41) is 3.04. The quantitative estimate of drug-likeness (QED) is 0.849. The molecule has 0 aromatic heterocycles. The summed E-state index contributed by atoms with van der Waals surface area (Å²) in [5.41, 5.74) is 2.45. The number of hydrogen-bond donors (Lipinski definition) is 2. The summed E-state index contributed by atoms with van der Waals surface area (Å²) in [6.07, 6.45) is 0. The molecular formula is C15H26N2O2S. The van der Waals surface area contributed by atoms with Crippen molar-refractivity contribution in [3.05, 3.63) is 23.3 Å². The van der Waals surface area contributed by atoms with Crippen molar-refractivity contribution in [2.24, 2.45) is 11.8 Å². The third-order valence-corrected chi connectivity index (χ3v) is 5.48. The fourth-order valence-corrected chi connectivity index (χ4v) is 3.66. The van der Waals surface area contributed by atoms with E-state index in [9.17, 15) is 8.42 Å². The first-order chi connectivity index (χ1) is 9.19. The molecule has 0 aliphatic heterocycles. The van der Waals surface area contributed by atoms with Gasteiger partial charge in [0.25, 0.3) is 0 Å². The van der Waals surface area contributed by atoms with Gasteiger partial charge in [-0.1, -0.05) is 20.8 Å².